The molecule has 9 heteroatoms. The molecule has 3 atom stereocenters. The molecule has 0 spiro atoms. The number of nitrogens with one attached hydrogen (secondary N) is 2. The van der Waals surface area contributed by atoms with Gasteiger partial charge >= 0.3 is 0 Å². The summed E-state index contributed by atoms with van der Waals surface area (Å²) in [7, 11) is 0. The number of aryl methyl sites for hydroxylation is 1. The summed E-state index contributed by atoms with van der Waals surface area (Å²) >= 11 is 1.66. The maximum absolute atomic E-state index is 5.94. The Labute approximate surface area is 190 Å². The second kappa shape index (κ2) is 11.6. The number of aliphatic imine (C=N–C) groups is 1. The van der Waals surface area contributed by atoms with Gasteiger partial charge in [0, 0.05) is 26.1 Å². The molecule has 2 N–H and O–H groups in total. The summed E-state index contributed by atoms with van der Waals surface area (Å²) in [4.78, 5) is 4.77. The van der Waals surface area contributed by atoms with Crippen molar-refractivity contribution in [1.29, 1.82) is 0 Å². The average molecular weight is 523 g/mol. The molecule has 1 aromatic rings. The van der Waals surface area contributed by atoms with Crippen molar-refractivity contribution in [3.8, 4) is 0 Å². The van der Waals surface area contributed by atoms with Crippen molar-refractivity contribution in [2.45, 2.75) is 82.8 Å². The monoisotopic (exact) mass is 522 g/mol. The Balaban J connectivity index is 0.00000280. The van der Waals surface area contributed by atoms with Crippen LogP contribution in [0.1, 0.15) is 52.3 Å². The fourth-order valence-electron chi connectivity index (χ4n) is 3.92. The summed E-state index contributed by atoms with van der Waals surface area (Å²) in [5, 5.41) is 16.7. The molecule has 2 aliphatic rings. The van der Waals surface area contributed by atoms with Gasteiger partial charge < -0.3 is 19.9 Å². The van der Waals surface area contributed by atoms with E-state index in [4.69, 9.17) is 9.73 Å². The van der Waals surface area contributed by atoms with Gasteiger partial charge in [-0.25, -0.2) is 0 Å². The van der Waals surface area contributed by atoms with Crippen molar-refractivity contribution in [2.75, 3.05) is 19.3 Å². The van der Waals surface area contributed by atoms with Gasteiger partial charge in [0.15, 0.2) is 11.1 Å². The normalized spacial score (nSPS) is 23.9. The number of ether oxygens (including phenoxy) is 1. The van der Waals surface area contributed by atoms with E-state index in [1.54, 1.807) is 11.8 Å². The summed E-state index contributed by atoms with van der Waals surface area (Å²) in [6.07, 6.45) is 8.23. The quantitative estimate of drug-likeness (QED) is 0.171. The van der Waals surface area contributed by atoms with E-state index in [1.165, 1.54) is 12.8 Å². The van der Waals surface area contributed by atoms with Gasteiger partial charge in [-0.3, -0.25) is 4.99 Å². The molecular weight excluding hydrogens is 487 g/mol. The first kappa shape index (κ1) is 23.7. The molecule has 3 heterocycles. The molecule has 2 bridgehead atoms. The van der Waals surface area contributed by atoms with Crippen molar-refractivity contribution >= 4 is 41.7 Å². The number of halogens is 1. The molecule has 3 unspecified atom stereocenters. The summed E-state index contributed by atoms with van der Waals surface area (Å²) < 4.78 is 8.20. The highest BCUT2D eigenvalue weighted by Gasteiger charge is 2.41. The second-order valence-electron chi connectivity index (χ2n) is 7.83. The summed E-state index contributed by atoms with van der Waals surface area (Å²) in [5.41, 5.74) is 0. The van der Waals surface area contributed by atoms with Crippen molar-refractivity contribution in [1.82, 2.24) is 25.4 Å². The van der Waals surface area contributed by atoms with Crippen molar-refractivity contribution in [3.05, 3.63) is 5.82 Å². The van der Waals surface area contributed by atoms with E-state index in [2.05, 4.69) is 52.4 Å². The van der Waals surface area contributed by atoms with Crippen molar-refractivity contribution < 1.29 is 4.74 Å². The molecule has 1 aromatic heterocycles. The Kier molecular flexibility index (Phi) is 9.82. The topological polar surface area (TPSA) is 76.4 Å². The highest BCUT2D eigenvalue weighted by atomic mass is 127. The first-order valence-corrected chi connectivity index (χ1v) is 11.5. The highest BCUT2D eigenvalue weighted by Crippen LogP contribution is 2.34. The molecular formula is C19H35IN6OS. The van der Waals surface area contributed by atoms with E-state index in [-0.39, 0.29) is 24.0 Å². The van der Waals surface area contributed by atoms with Crippen molar-refractivity contribution in [3.63, 3.8) is 0 Å². The van der Waals surface area contributed by atoms with Crippen LogP contribution >= 0.6 is 35.7 Å². The van der Waals surface area contributed by atoms with Gasteiger partial charge in [0.2, 0.25) is 0 Å². The minimum Gasteiger partial charge on any atom is -0.373 e. The zero-order chi connectivity index (χ0) is 19.2. The predicted octanol–water partition coefficient (Wildman–Crippen LogP) is 3.08. The van der Waals surface area contributed by atoms with E-state index in [0.717, 1.165) is 55.8 Å². The Morgan fingerprint density at radius 3 is 2.79 bits per heavy atom. The van der Waals surface area contributed by atoms with Crippen LogP contribution in [0.3, 0.4) is 0 Å². The van der Waals surface area contributed by atoms with E-state index in [1.807, 2.05) is 0 Å². The molecule has 0 saturated carbocycles. The number of guanidine groups is 1. The highest BCUT2D eigenvalue weighted by molar-refractivity contribution is 14.0. The molecule has 2 saturated heterocycles. The fraction of sp³-hybridized carbons (Fsp3) is 0.842. The molecule has 0 radical (unpaired) electrons. The van der Waals surface area contributed by atoms with Crippen molar-refractivity contribution in [2.24, 2.45) is 10.9 Å². The predicted molar refractivity (Wildman–Crippen MR) is 126 cm³/mol. The van der Waals surface area contributed by atoms with Crippen LogP contribution < -0.4 is 10.6 Å². The van der Waals surface area contributed by atoms with Crippen LogP contribution in [0.5, 0.6) is 0 Å². The van der Waals surface area contributed by atoms with Gasteiger partial charge in [-0.1, -0.05) is 25.6 Å². The minimum absolute atomic E-state index is 0. The Bertz CT molecular complexity index is 638. The number of hydrogen-bond donors (Lipinski definition) is 2. The molecule has 0 amide bonds. The number of aromatic nitrogens is 3. The van der Waals surface area contributed by atoms with Crippen LogP contribution in [-0.4, -0.2) is 58.3 Å². The number of nitrogens with zero attached hydrogens (tertiary/aromatic N) is 4. The third kappa shape index (κ3) is 6.22. The van der Waals surface area contributed by atoms with Crippen LogP contribution in [0.25, 0.3) is 0 Å². The Morgan fingerprint density at radius 2 is 2.18 bits per heavy atom. The Hall–Kier alpha value is -0.550. The molecule has 2 fully saturated rings. The maximum Gasteiger partial charge on any atom is 0.191 e. The zero-order valence-electron chi connectivity index (χ0n) is 17.5. The lowest BCUT2D eigenvalue weighted by molar-refractivity contribution is 0.0992. The minimum atomic E-state index is 0. The lowest BCUT2D eigenvalue weighted by Gasteiger charge is -2.22. The van der Waals surface area contributed by atoms with Gasteiger partial charge in [-0.05, 0) is 44.8 Å². The fourth-order valence-corrected chi connectivity index (χ4v) is 4.44. The molecule has 7 nitrogen and oxygen atoms in total. The zero-order valence-corrected chi connectivity index (χ0v) is 20.6. The van der Waals surface area contributed by atoms with Gasteiger partial charge in [0.05, 0.1) is 18.2 Å². The first-order chi connectivity index (χ1) is 13.1. The molecule has 0 aliphatic carbocycles. The summed E-state index contributed by atoms with van der Waals surface area (Å²) in [5.74, 6) is 2.56. The molecule has 0 aromatic carbocycles. The van der Waals surface area contributed by atoms with Gasteiger partial charge in [-0.15, -0.1) is 34.2 Å². The number of rotatable bonds is 9. The second-order valence-corrected chi connectivity index (χ2v) is 8.61. The molecule has 160 valence electrons. The van der Waals surface area contributed by atoms with Crippen LogP contribution in [0.15, 0.2) is 10.1 Å². The first-order valence-electron chi connectivity index (χ1n) is 10.3. The Morgan fingerprint density at radius 1 is 1.36 bits per heavy atom. The third-order valence-electron chi connectivity index (χ3n) is 5.12. The SMILES string of the molecule is CCNC(=NCCCc1nnc(SC)n1CC(C)C)NC1CC2CCC1O2.I. The van der Waals surface area contributed by atoms with Crippen LogP contribution in [-0.2, 0) is 17.7 Å². The number of thioether (sulfide) groups is 1. The van der Waals surface area contributed by atoms with E-state index >= 15 is 0 Å². The van der Waals surface area contributed by atoms with Gasteiger partial charge in [-0.2, -0.15) is 0 Å². The van der Waals surface area contributed by atoms with E-state index in [9.17, 15) is 0 Å². The van der Waals surface area contributed by atoms with E-state index in [0.29, 0.717) is 24.2 Å². The number of hydrogen-bond acceptors (Lipinski definition) is 5. The third-order valence-corrected chi connectivity index (χ3v) is 5.79. The summed E-state index contributed by atoms with van der Waals surface area (Å²) in [6.45, 7) is 9.17. The summed E-state index contributed by atoms with van der Waals surface area (Å²) in [6, 6.07) is 0.403. The van der Waals surface area contributed by atoms with Crippen LogP contribution in [0.2, 0.25) is 0 Å². The van der Waals surface area contributed by atoms with Crippen LogP contribution in [0, 0.1) is 5.92 Å². The standard InChI is InChI=1S/C19H34N6OS.HI/c1-5-20-18(22-15-11-14-8-9-16(15)26-14)21-10-6-7-17-23-24-19(27-4)25(17)12-13(2)3;/h13-16H,5-12H2,1-4H3,(H2,20,21,22);1H. The molecule has 28 heavy (non-hydrogen) atoms. The molecule has 2 aliphatic heterocycles. The maximum atomic E-state index is 5.94. The lowest BCUT2D eigenvalue weighted by atomic mass is 9.96. The van der Waals surface area contributed by atoms with Gasteiger partial charge in [0.25, 0.3) is 0 Å². The largest absolute Gasteiger partial charge is 0.373 e. The van der Waals surface area contributed by atoms with Gasteiger partial charge in [0.1, 0.15) is 5.82 Å². The lowest BCUT2D eigenvalue weighted by Crippen LogP contribution is -2.47. The average Bonchev–Trinajstić information content (AvgIpc) is 3.34. The smallest absolute Gasteiger partial charge is 0.191 e. The van der Waals surface area contributed by atoms with Crippen LogP contribution in [0.4, 0.5) is 0 Å². The number of fused-ring (bicyclic) bond motifs is 2. The van der Waals surface area contributed by atoms with E-state index < -0.39 is 0 Å². The molecule has 3 rings (SSSR count).